The predicted molar refractivity (Wildman–Crippen MR) is 67.1 cm³/mol. The van der Waals surface area contributed by atoms with Crippen LogP contribution in [0.3, 0.4) is 0 Å². The van der Waals surface area contributed by atoms with Crippen molar-refractivity contribution >= 4 is 11.5 Å². The second kappa shape index (κ2) is 4.86. The molecule has 1 aliphatic carbocycles. The molecule has 1 aromatic carbocycles. The van der Waals surface area contributed by atoms with Crippen molar-refractivity contribution in [3.63, 3.8) is 0 Å². The maximum absolute atomic E-state index is 13.7. The molecule has 0 aliphatic heterocycles. The Morgan fingerprint density at radius 1 is 1.47 bits per heavy atom. The Morgan fingerprint density at radius 3 is 2.71 bits per heavy atom. The van der Waals surface area contributed by atoms with Crippen LogP contribution in [-0.2, 0) is 0 Å². The molecule has 3 heteroatoms. The van der Waals surface area contributed by atoms with Crippen molar-refractivity contribution in [3.05, 3.63) is 29.6 Å². The Hall–Kier alpha value is -1.38. The molecule has 0 amide bonds. The number of benzene rings is 1. The topological polar surface area (TPSA) is 20.3 Å². The summed E-state index contributed by atoms with van der Waals surface area (Å²) in [6.45, 7) is 4.41. The summed E-state index contributed by atoms with van der Waals surface area (Å²) in [5.74, 6) is -0.600. The number of ketones is 1. The van der Waals surface area contributed by atoms with Gasteiger partial charge in [-0.25, -0.2) is 4.39 Å². The SMILES string of the molecule is CCCN(c1cccc(F)c1C(C)=O)C1CC1. The number of carbonyl (C=O) groups excluding carboxylic acids is 1. The lowest BCUT2D eigenvalue weighted by Gasteiger charge is -2.26. The summed E-state index contributed by atoms with van der Waals surface area (Å²) in [4.78, 5) is 13.8. The van der Waals surface area contributed by atoms with E-state index in [-0.39, 0.29) is 11.3 Å². The van der Waals surface area contributed by atoms with E-state index in [0.717, 1.165) is 31.5 Å². The smallest absolute Gasteiger partial charge is 0.164 e. The summed E-state index contributed by atoms with van der Waals surface area (Å²) < 4.78 is 13.7. The molecule has 1 fully saturated rings. The molecule has 1 saturated carbocycles. The number of anilines is 1. The van der Waals surface area contributed by atoms with Crippen LogP contribution in [0.4, 0.5) is 10.1 Å². The average Bonchev–Trinajstić information content (AvgIpc) is 3.08. The van der Waals surface area contributed by atoms with Crippen molar-refractivity contribution in [1.82, 2.24) is 0 Å². The van der Waals surface area contributed by atoms with Crippen LogP contribution in [0.2, 0.25) is 0 Å². The Bertz CT molecular complexity index is 426. The number of halogens is 1. The zero-order valence-corrected chi connectivity index (χ0v) is 10.4. The van der Waals surface area contributed by atoms with Crippen LogP contribution in [0.15, 0.2) is 18.2 Å². The maximum atomic E-state index is 13.7. The van der Waals surface area contributed by atoms with Gasteiger partial charge in [0.05, 0.1) is 11.3 Å². The number of rotatable bonds is 5. The summed E-state index contributed by atoms with van der Waals surface area (Å²) in [5.41, 5.74) is 1.01. The molecule has 1 aliphatic rings. The van der Waals surface area contributed by atoms with Crippen molar-refractivity contribution in [1.29, 1.82) is 0 Å². The van der Waals surface area contributed by atoms with Gasteiger partial charge in [-0.2, -0.15) is 0 Å². The third-order valence-electron chi connectivity index (χ3n) is 3.11. The molecule has 0 radical (unpaired) electrons. The van der Waals surface area contributed by atoms with E-state index in [4.69, 9.17) is 0 Å². The van der Waals surface area contributed by atoms with E-state index in [1.54, 1.807) is 6.07 Å². The first kappa shape index (κ1) is 12.1. The van der Waals surface area contributed by atoms with Crippen molar-refractivity contribution in [2.45, 2.75) is 39.2 Å². The normalized spacial score (nSPS) is 14.8. The number of nitrogens with zero attached hydrogens (tertiary/aromatic N) is 1. The lowest BCUT2D eigenvalue weighted by molar-refractivity contribution is 0.101. The molecule has 0 aromatic heterocycles. The average molecular weight is 235 g/mol. The lowest BCUT2D eigenvalue weighted by atomic mass is 10.1. The monoisotopic (exact) mass is 235 g/mol. The Morgan fingerprint density at radius 2 is 2.18 bits per heavy atom. The Balaban J connectivity index is 2.41. The highest BCUT2D eigenvalue weighted by Gasteiger charge is 2.31. The van der Waals surface area contributed by atoms with Gasteiger partial charge in [0.25, 0.3) is 0 Å². The van der Waals surface area contributed by atoms with Crippen LogP contribution in [0, 0.1) is 5.82 Å². The van der Waals surface area contributed by atoms with Crippen LogP contribution < -0.4 is 4.90 Å². The highest BCUT2D eigenvalue weighted by molar-refractivity contribution is 6.00. The molecule has 17 heavy (non-hydrogen) atoms. The third kappa shape index (κ3) is 2.48. The van der Waals surface area contributed by atoms with Gasteiger partial charge in [0.1, 0.15) is 5.82 Å². The second-order valence-corrected chi connectivity index (χ2v) is 4.61. The van der Waals surface area contributed by atoms with Gasteiger partial charge in [-0.1, -0.05) is 13.0 Å². The quantitative estimate of drug-likeness (QED) is 0.729. The molecule has 0 heterocycles. The fraction of sp³-hybridized carbons (Fsp3) is 0.500. The maximum Gasteiger partial charge on any atom is 0.164 e. The fourth-order valence-corrected chi connectivity index (χ4v) is 2.23. The van der Waals surface area contributed by atoms with E-state index in [0.29, 0.717) is 6.04 Å². The van der Waals surface area contributed by atoms with E-state index in [1.165, 1.54) is 13.0 Å². The van der Waals surface area contributed by atoms with E-state index >= 15 is 0 Å². The molecule has 0 unspecified atom stereocenters. The zero-order chi connectivity index (χ0) is 12.4. The predicted octanol–water partition coefficient (Wildman–Crippen LogP) is 3.41. The van der Waals surface area contributed by atoms with Gasteiger partial charge in [-0.3, -0.25) is 4.79 Å². The van der Waals surface area contributed by atoms with Crippen molar-refractivity contribution < 1.29 is 9.18 Å². The molecule has 2 nitrogen and oxygen atoms in total. The molecule has 2 rings (SSSR count). The van der Waals surface area contributed by atoms with Gasteiger partial charge in [-0.15, -0.1) is 0 Å². The van der Waals surface area contributed by atoms with E-state index < -0.39 is 5.82 Å². The largest absolute Gasteiger partial charge is 0.368 e. The van der Waals surface area contributed by atoms with E-state index in [9.17, 15) is 9.18 Å². The summed E-state index contributed by atoms with van der Waals surface area (Å²) in [5, 5.41) is 0. The molecule has 0 atom stereocenters. The summed E-state index contributed by atoms with van der Waals surface area (Å²) in [7, 11) is 0. The van der Waals surface area contributed by atoms with Gasteiger partial charge < -0.3 is 4.90 Å². The molecular weight excluding hydrogens is 217 g/mol. The first-order chi connectivity index (χ1) is 8.15. The van der Waals surface area contributed by atoms with E-state index in [1.807, 2.05) is 6.07 Å². The highest BCUT2D eigenvalue weighted by Crippen LogP contribution is 2.34. The molecule has 0 spiro atoms. The van der Waals surface area contributed by atoms with Gasteiger partial charge in [-0.05, 0) is 38.3 Å². The van der Waals surface area contributed by atoms with Crippen molar-refractivity contribution in [2.24, 2.45) is 0 Å². The molecule has 1 aromatic rings. The fourth-order valence-electron chi connectivity index (χ4n) is 2.23. The van der Waals surface area contributed by atoms with Gasteiger partial charge >= 0.3 is 0 Å². The van der Waals surface area contributed by atoms with Crippen LogP contribution in [0.1, 0.15) is 43.5 Å². The molecule has 0 N–H and O–H groups in total. The second-order valence-electron chi connectivity index (χ2n) is 4.61. The zero-order valence-electron chi connectivity index (χ0n) is 10.4. The van der Waals surface area contributed by atoms with E-state index in [2.05, 4.69) is 11.8 Å². The molecule has 92 valence electrons. The van der Waals surface area contributed by atoms with Gasteiger partial charge in [0, 0.05) is 12.6 Å². The summed E-state index contributed by atoms with van der Waals surface area (Å²) in [6, 6.07) is 5.39. The minimum Gasteiger partial charge on any atom is -0.368 e. The Labute approximate surface area is 101 Å². The first-order valence-electron chi connectivity index (χ1n) is 6.21. The third-order valence-corrected chi connectivity index (χ3v) is 3.11. The lowest BCUT2D eigenvalue weighted by Crippen LogP contribution is -2.28. The summed E-state index contributed by atoms with van der Waals surface area (Å²) in [6.07, 6.45) is 3.30. The molecule has 0 bridgehead atoms. The number of carbonyl (C=O) groups is 1. The van der Waals surface area contributed by atoms with Crippen LogP contribution in [-0.4, -0.2) is 18.4 Å². The Kier molecular flexibility index (Phi) is 3.46. The standard InChI is InChI=1S/C14H18FNO/c1-3-9-16(11-7-8-11)13-6-4-5-12(15)14(13)10(2)17/h4-6,11H,3,7-9H2,1-2H3. The number of hydrogen-bond acceptors (Lipinski definition) is 2. The molecule has 0 saturated heterocycles. The highest BCUT2D eigenvalue weighted by atomic mass is 19.1. The number of Topliss-reactive ketones (excluding diaryl/α,β-unsaturated/α-hetero) is 1. The van der Waals surface area contributed by atoms with Crippen LogP contribution in [0.25, 0.3) is 0 Å². The summed E-state index contributed by atoms with van der Waals surface area (Å²) >= 11 is 0. The van der Waals surface area contributed by atoms with Gasteiger partial charge in [0.2, 0.25) is 0 Å². The minimum absolute atomic E-state index is 0.195. The van der Waals surface area contributed by atoms with Gasteiger partial charge in [0.15, 0.2) is 5.78 Å². The van der Waals surface area contributed by atoms with Crippen LogP contribution in [0.5, 0.6) is 0 Å². The van der Waals surface area contributed by atoms with Crippen molar-refractivity contribution in [3.8, 4) is 0 Å². The van der Waals surface area contributed by atoms with Crippen LogP contribution >= 0.6 is 0 Å². The first-order valence-corrected chi connectivity index (χ1v) is 6.21. The number of hydrogen-bond donors (Lipinski definition) is 0. The minimum atomic E-state index is -0.406. The molecular formula is C14H18FNO. The van der Waals surface area contributed by atoms with Crippen molar-refractivity contribution in [2.75, 3.05) is 11.4 Å².